The van der Waals surface area contributed by atoms with Gasteiger partial charge in [-0.05, 0) is 23.8 Å². The van der Waals surface area contributed by atoms with E-state index in [4.69, 9.17) is 9.47 Å². The predicted octanol–water partition coefficient (Wildman–Crippen LogP) is 3.14. The van der Waals surface area contributed by atoms with Crippen LogP contribution in [0.15, 0.2) is 48.5 Å². The van der Waals surface area contributed by atoms with Crippen LogP contribution in [0.3, 0.4) is 0 Å². The van der Waals surface area contributed by atoms with E-state index in [1.165, 1.54) is 11.6 Å². The van der Waals surface area contributed by atoms with Crippen molar-refractivity contribution in [2.75, 3.05) is 20.3 Å². The summed E-state index contributed by atoms with van der Waals surface area (Å²) in [6.07, 6.45) is 0. The molecule has 0 radical (unpaired) electrons. The number of halogens is 1. The molecule has 0 atom stereocenters. The van der Waals surface area contributed by atoms with E-state index in [1.54, 1.807) is 25.3 Å². The fourth-order valence-electron chi connectivity index (χ4n) is 1.89. The van der Waals surface area contributed by atoms with Gasteiger partial charge in [0.2, 0.25) is 0 Å². The lowest BCUT2D eigenvalue weighted by Gasteiger charge is -2.08. The molecule has 2 aromatic carbocycles. The van der Waals surface area contributed by atoms with Gasteiger partial charge in [0.05, 0.1) is 6.61 Å². The Hall–Kier alpha value is -1.91. The van der Waals surface area contributed by atoms with Crippen LogP contribution in [0.1, 0.15) is 11.1 Å². The van der Waals surface area contributed by atoms with Gasteiger partial charge < -0.3 is 14.8 Å². The van der Waals surface area contributed by atoms with E-state index in [-0.39, 0.29) is 12.4 Å². The van der Waals surface area contributed by atoms with E-state index in [9.17, 15) is 4.39 Å². The van der Waals surface area contributed by atoms with Crippen molar-refractivity contribution in [2.24, 2.45) is 0 Å². The minimum Gasteiger partial charge on any atom is -0.489 e. The van der Waals surface area contributed by atoms with Crippen LogP contribution < -0.4 is 10.1 Å². The van der Waals surface area contributed by atoms with Gasteiger partial charge in [-0.15, -0.1) is 0 Å². The summed E-state index contributed by atoms with van der Waals surface area (Å²) in [6, 6.07) is 14.4. The molecule has 0 saturated heterocycles. The summed E-state index contributed by atoms with van der Waals surface area (Å²) < 4.78 is 24.0. The van der Waals surface area contributed by atoms with Crippen molar-refractivity contribution >= 4 is 0 Å². The molecule has 0 aliphatic rings. The van der Waals surface area contributed by atoms with Gasteiger partial charge >= 0.3 is 0 Å². The van der Waals surface area contributed by atoms with Crippen LogP contribution in [-0.2, 0) is 17.9 Å². The molecular weight excluding hydrogens is 269 g/mol. The summed E-state index contributed by atoms with van der Waals surface area (Å²) in [6.45, 7) is 2.54. The van der Waals surface area contributed by atoms with Crippen LogP contribution in [0.2, 0.25) is 0 Å². The third kappa shape index (κ3) is 5.17. The first-order valence-electron chi connectivity index (χ1n) is 6.94. The Morgan fingerprint density at radius 2 is 1.81 bits per heavy atom. The molecule has 0 aliphatic heterocycles. The minimum atomic E-state index is -0.239. The molecule has 0 spiro atoms. The number of rotatable bonds is 8. The fourth-order valence-corrected chi connectivity index (χ4v) is 1.89. The van der Waals surface area contributed by atoms with Crippen LogP contribution in [-0.4, -0.2) is 20.3 Å². The smallest absolute Gasteiger partial charge is 0.129 e. The normalized spacial score (nSPS) is 10.6. The molecule has 0 fully saturated rings. The second-order valence-corrected chi connectivity index (χ2v) is 4.69. The molecule has 3 nitrogen and oxygen atoms in total. The molecule has 0 aliphatic carbocycles. The second kappa shape index (κ2) is 8.39. The number of hydrogen-bond acceptors (Lipinski definition) is 3. The molecular formula is C17H20FNO2. The zero-order chi connectivity index (χ0) is 14.9. The van der Waals surface area contributed by atoms with E-state index in [1.807, 2.05) is 24.3 Å². The highest BCUT2D eigenvalue weighted by molar-refractivity contribution is 5.28. The first-order valence-corrected chi connectivity index (χ1v) is 6.94. The topological polar surface area (TPSA) is 30.5 Å². The van der Waals surface area contributed by atoms with Crippen LogP contribution in [0.5, 0.6) is 5.75 Å². The maximum Gasteiger partial charge on any atom is 0.129 e. The van der Waals surface area contributed by atoms with Crippen molar-refractivity contribution in [1.82, 2.24) is 5.32 Å². The molecule has 21 heavy (non-hydrogen) atoms. The van der Waals surface area contributed by atoms with E-state index in [2.05, 4.69) is 5.32 Å². The number of methoxy groups -OCH3 is 1. The summed E-state index contributed by atoms with van der Waals surface area (Å²) in [5, 5.41) is 3.27. The largest absolute Gasteiger partial charge is 0.489 e. The monoisotopic (exact) mass is 289 g/mol. The minimum absolute atomic E-state index is 0.234. The van der Waals surface area contributed by atoms with Gasteiger partial charge in [0, 0.05) is 25.8 Å². The summed E-state index contributed by atoms with van der Waals surface area (Å²) in [4.78, 5) is 0. The first-order chi connectivity index (χ1) is 10.3. The van der Waals surface area contributed by atoms with Gasteiger partial charge in [0.15, 0.2) is 0 Å². The van der Waals surface area contributed by atoms with E-state index in [0.29, 0.717) is 12.2 Å². The van der Waals surface area contributed by atoms with Crippen LogP contribution in [0, 0.1) is 5.82 Å². The third-order valence-electron chi connectivity index (χ3n) is 3.09. The zero-order valence-corrected chi connectivity index (χ0v) is 12.1. The predicted molar refractivity (Wildman–Crippen MR) is 80.8 cm³/mol. The summed E-state index contributed by atoms with van der Waals surface area (Å²) >= 11 is 0. The number of benzene rings is 2. The molecule has 0 heterocycles. The van der Waals surface area contributed by atoms with Gasteiger partial charge in [-0.2, -0.15) is 0 Å². The van der Waals surface area contributed by atoms with Gasteiger partial charge in [-0.3, -0.25) is 0 Å². The SMILES string of the molecule is COCCNCc1ccc(OCc2ccccc2F)cc1. The third-order valence-corrected chi connectivity index (χ3v) is 3.09. The zero-order valence-electron chi connectivity index (χ0n) is 12.1. The summed E-state index contributed by atoms with van der Waals surface area (Å²) in [7, 11) is 1.68. The maximum absolute atomic E-state index is 13.5. The molecule has 2 rings (SSSR count). The molecule has 2 aromatic rings. The van der Waals surface area contributed by atoms with Crippen molar-refractivity contribution in [3.63, 3.8) is 0 Å². The molecule has 0 saturated carbocycles. The Balaban J connectivity index is 1.81. The average molecular weight is 289 g/mol. The highest BCUT2D eigenvalue weighted by atomic mass is 19.1. The second-order valence-electron chi connectivity index (χ2n) is 4.69. The summed E-state index contributed by atoms with van der Waals surface area (Å²) in [5.74, 6) is 0.496. The van der Waals surface area contributed by atoms with Crippen LogP contribution in [0.4, 0.5) is 4.39 Å². The first kappa shape index (κ1) is 15.5. The lowest BCUT2D eigenvalue weighted by molar-refractivity contribution is 0.199. The van der Waals surface area contributed by atoms with Crippen LogP contribution >= 0.6 is 0 Å². The maximum atomic E-state index is 13.5. The van der Waals surface area contributed by atoms with E-state index >= 15 is 0 Å². The highest BCUT2D eigenvalue weighted by Gasteiger charge is 2.02. The van der Waals surface area contributed by atoms with E-state index in [0.717, 1.165) is 18.8 Å². The Morgan fingerprint density at radius 3 is 2.52 bits per heavy atom. The Kier molecular flexibility index (Phi) is 6.19. The molecule has 0 bridgehead atoms. The number of hydrogen-bond donors (Lipinski definition) is 1. The lowest BCUT2D eigenvalue weighted by Crippen LogP contribution is -2.18. The van der Waals surface area contributed by atoms with Gasteiger partial charge in [0.1, 0.15) is 18.2 Å². The van der Waals surface area contributed by atoms with Crippen molar-refractivity contribution in [3.05, 3.63) is 65.5 Å². The summed E-state index contributed by atoms with van der Waals surface area (Å²) in [5.41, 5.74) is 1.73. The van der Waals surface area contributed by atoms with E-state index < -0.39 is 0 Å². The molecule has 0 unspecified atom stereocenters. The lowest BCUT2D eigenvalue weighted by atomic mass is 10.2. The van der Waals surface area contributed by atoms with Crippen LogP contribution in [0.25, 0.3) is 0 Å². The van der Waals surface area contributed by atoms with Crippen molar-refractivity contribution in [1.29, 1.82) is 0 Å². The molecule has 0 aromatic heterocycles. The molecule has 112 valence electrons. The Morgan fingerprint density at radius 1 is 1.05 bits per heavy atom. The standard InChI is InChI=1S/C17H20FNO2/c1-20-11-10-19-12-14-6-8-16(9-7-14)21-13-15-4-2-3-5-17(15)18/h2-9,19H,10-13H2,1H3. The quantitative estimate of drug-likeness (QED) is 0.757. The fraction of sp³-hybridized carbons (Fsp3) is 0.294. The Bertz CT molecular complexity index is 543. The molecule has 1 N–H and O–H groups in total. The molecule has 4 heteroatoms. The molecule has 0 amide bonds. The van der Waals surface area contributed by atoms with Gasteiger partial charge in [-0.1, -0.05) is 30.3 Å². The van der Waals surface area contributed by atoms with Gasteiger partial charge in [-0.25, -0.2) is 4.39 Å². The van der Waals surface area contributed by atoms with Gasteiger partial charge in [0.25, 0.3) is 0 Å². The van der Waals surface area contributed by atoms with Crippen molar-refractivity contribution in [3.8, 4) is 5.75 Å². The Labute approximate surface area is 124 Å². The average Bonchev–Trinajstić information content (AvgIpc) is 2.52. The number of ether oxygens (including phenoxy) is 2. The number of nitrogens with one attached hydrogen (secondary N) is 1. The van der Waals surface area contributed by atoms with Crippen molar-refractivity contribution in [2.45, 2.75) is 13.2 Å². The highest BCUT2D eigenvalue weighted by Crippen LogP contribution is 2.15. The van der Waals surface area contributed by atoms with Crippen molar-refractivity contribution < 1.29 is 13.9 Å².